The molecule has 0 saturated carbocycles. The minimum atomic E-state index is -0.690. The van der Waals surface area contributed by atoms with Crippen LogP contribution in [0.15, 0.2) is 0 Å². The van der Waals surface area contributed by atoms with Crippen LogP contribution in [0.3, 0.4) is 0 Å². The zero-order valence-electron chi connectivity index (χ0n) is 9.09. The van der Waals surface area contributed by atoms with Crippen molar-refractivity contribution in [3.63, 3.8) is 0 Å². The zero-order chi connectivity index (χ0) is 11.5. The fraction of sp³-hybridized carbons (Fsp3) is 0.500. The van der Waals surface area contributed by atoms with Crippen molar-refractivity contribution in [1.29, 1.82) is 0 Å². The summed E-state index contributed by atoms with van der Waals surface area (Å²) in [5.74, 6) is 2.90. The van der Waals surface area contributed by atoms with Crippen LogP contribution in [0.5, 0.6) is 0 Å². The van der Waals surface area contributed by atoms with Crippen LogP contribution in [-0.4, -0.2) is 26.6 Å². The van der Waals surface area contributed by atoms with Crippen molar-refractivity contribution in [1.82, 2.24) is 20.5 Å². The van der Waals surface area contributed by atoms with Crippen LogP contribution in [0.25, 0.3) is 0 Å². The van der Waals surface area contributed by atoms with E-state index in [-0.39, 0.29) is 11.7 Å². The molecule has 2 N–H and O–H groups in total. The van der Waals surface area contributed by atoms with E-state index in [0.29, 0.717) is 12.2 Å². The normalized spacial score (nSPS) is 10.8. The fourth-order valence-corrected chi connectivity index (χ4v) is 0.931. The molecule has 0 spiro atoms. The molecule has 1 aromatic heterocycles. The number of aryl methyl sites for hydroxylation is 1. The Kier molecular flexibility index (Phi) is 3.10. The second kappa shape index (κ2) is 4.13. The maximum absolute atomic E-state index is 11.6. The quantitative estimate of drug-likeness (QED) is 0.708. The van der Waals surface area contributed by atoms with Crippen LogP contribution in [0.4, 0.5) is 0 Å². The molecule has 0 aromatic carbocycles. The van der Waals surface area contributed by atoms with Crippen molar-refractivity contribution in [2.75, 3.05) is 0 Å². The van der Waals surface area contributed by atoms with Crippen molar-refractivity contribution in [3.05, 3.63) is 11.6 Å². The third kappa shape index (κ3) is 2.81. The standard InChI is InChI=1S/C10H14N4O/c1-5-7-11-8(14-13-7)9(15)12-10(3,4)6-2/h2H,5H2,1,3-4H3,(H,12,15)(H,11,13,14). The molecule has 0 bridgehead atoms. The van der Waals surface area contributed by atoms with Crippen LogP contribution in [0.1, 0.15) is 37.2 Å². The van der Waals surface area contributed by atoms with Crippen LogP contribution >= 0.6 is 0 Å². The molecule has 0 fully saturated rings. The van der Waals surface area contributed by atoms with E-state index in [0.717, 1.165) is 0 Å². The summed E-state index contributed by atoms with van der Waals surface area (Å²) < 4.78 is 0. The van der Waals surface area contributed by atoms with Crippen molar-refractivity contribution in [3.8, 4) is 12.3 Å². The van der Waals surface area contributed by atoms with Gasteiger partial charge in [-0.3, -0.25) is 9.89 Å². The molecular formula is C10H14N4O. The molecule has 0 aliphatic carbocycles. The number of nitrogens with zero attached hydrogens (tertiary/aromatic N) is 2. The van der Waals surface area contributed by atoms with Gasteiger partial charge in [-0.2, -0.15) is 0 Å². The zero-order valence-corrected chi connectivity index (χ0v) is 9.09. The van der Waals surface area contributed by atoms with E-state index in [9.17, 15) is 4.79 Å². The van der Waals surface area contributed by atoms with Gasteiger partial charge < -0.3 is 5.32 Å². The van der Waals surface area contributed by atoms with Crippen molar-refractivity contribution < 1.29 is 4.79 Å². The minimum Gasteiger partial charge on any atom is -0.333 e. The smallest absolute Gasteiger partial charge is 0.292 e. The van der Waals surface area contributed by atoms with Gasteiger partial charge in [0.15, 0.2) is 0 Å². The first kappa shape index (κ1) is 11.2. The van der Waals surface area contributed by atoms with Gasteiger partial charge in [-0.1, -0.05) is 12.8 Å². The van der Waals surface area contributed by atoms with Crippen molar-refractivity contribution in [2.45, 2.75) is 32.7 Å². The Morgan fingerprint density at radius 1 is 1.67 bits per heavy atom. The molecule has 1 heterocycles. The Morgan fingerprint density at radius 2 is 2.33 bits per heavy atom. The Balaban J connectivity index is 2.74. The lowest BCUT2D eigenvalue weighted by Crippen LogP contribution is -2.42. The van der Waals surface area contributed by atoms with Crippen molar-refractivity contribution >= 4 is 5.91 Å². The Hall–Kier alpha value is -1.83. The summed E-state index contributed by atoms with van der Waals surface area (Å²) in [6.07, 6.45) is 5.96. The maximum Gasteiger partial charge on any atom is 0.292 e. The third-order valence-corrected chi connectivity index (χ3v) is 1.86. The van der Waals surface area contributed by atoms with Gasteiger partial charge >= 0.3 is 0 Å². The summed E-state index contributed by atoms with van der Waals surface area (Å²) in [4.78, 5) is 15.6. The van der Waals surface area contributed by atoms with E-state index in [1.54, 1.807) is 13.8 Å². The SMILES string of the molecule is C#CC(C)(C)NC(=O)c1n[nH]c(CC)n1. The molecular weight excluding hydrogens is 192 g/mol. The third-order valence-electron chi connectivity index (χ3n) is 1.86. The summed E-state index contributed by atoms with van der Waals surface area (Å²) in [6.45, 7) is 5.39. The molecule has 1 amide bonds. The van der Waals surface area contributed by atoms with Gasteiger partial charge in [0.05, 0.1) is 5.54 Å². The first-order valence-electron chi connectivity index (χ1n) is 4.70. The highest BCUT2D eigenvalue weighted by Gasteiger charge is 2.20. The Labute approximate surface area is 88.7 Å². The van der Waals surface area contributed by atoms with E-state index in [1.165, 1.54) is 0 Å². The fourth-order valence-electron chi connectivity index (χ4n) is 0.931. The highest BCUT2D eigenvalue weighted by molar-refractivity contribution is 5.91. The number of hydrogen-bond acceptors (Lipinski definition) is 3. The molecule has 5 nitrogen and oxygen atoms in total. The predicted molar refractivity (Wildman–Crippen MR) is 56.1 cm³/mol. The number of amides is 1. The number of carbonyl (C=O) groups excluding carboxylic acids is 1. The van der Waals surface area contributed by atoms with E-state index in [2.05, 4.69) is 26.4 Å². The van der Waals surface area contributed by atoms with Gasteiger partial charge in [0.2, 0.25) is 5.82 Å². The Bertz CT molecular complexity index is 400. The molecule has 0 radical (unpaired) electrons. The summed E-state index contributed by atoms with van der Waals surface area (Å²) in [5.41, 5.74) is -0.690. The van der Waals surface area contributed by atoms with E-state index < -0.39 is 5.54 Å². The number of nitrogens with one attached hydrogen (secondary N) is 2. The molecule has 0 unspecified atom stereocenters. The van der Waals surface area contributed by atoms with Gasteiger partial charge in [0.1, 0.15) is 5.82 Å². The average Bonchev–Trinajstić information content (AvgIpc) is 2.65. The summed E-state index contributed by atoms with van der Waals surface area (Å²) in [6, 6.07) is 0. The Morgan fingerprint density at radius 3 is 2.80 bits per heavy atom. The molecule has 0 aliphatic rings. The number of aromatic amines is 1. The van der Waals surface area contributed by atoms with Gasteiger partial charge in [-0.05, 0) is 13.8 Å². The number of aromatic nitrogens is 3. The molecule has 1 aromatic rings. The monoisotopic (exact) mass is 206 g/mol. The molecule has 0 atom stereocenters. The molecule has 1 rings (SSSR count). The van der Waals surface area contributed by atoms with Crippen LogP contribution in [-0.2, 0) is 6.42 Å². The lowest BCUT2D eigenvalue weighted by Gasteiger charge is -2.17. The second-order valence-corrected chi connectivity index (χ2v) is 3.68. The van der Waals surface area contributed by atoms with E-state index in [4.69, 9.17) is 6.42 Å². The van der Waals surface area contributed by atoms with Gasteiger partial charge in [0, 0.05) is 6.42 Å². The van der Waals surface area contributed by atoms with Crippen molar-refractivity contribution in [2.24, 2.45) is 0 Å². The number of hydrogen-bond donors (Lipinski definition) is 2. The lowest BCUT2D eigenvalue weighted by atomic mass is 10.1. The minimum absolute atomic E-state index is 0.121. The first-order chi connectivity index (χ1) is 6.98. The molecule has 80 valence electrons. The molecule has 0 aliphatic heterocycles. The topological polar surface area (TPSA) is 70.7 Å². The first-order valence-corrected chi connectivity index (χ1v) is 4.70. The second-order valence-electron chi connectivity index (χ2n) is 3.68. The van der Waals surface area contributed by atoms with Crippen LogP contribution in [0, 0.1) is 12.3 Å². The summed E-state index contributed by atoms with van der Waals surface area (Å²) in [7, 11) is 0. The van der Waals surface area contributed by atoms with Crippen LogP contribution in [0.2, 0.25) is 0 Å². The van der Waals surface area contributed by atoms with Crippen LogP contribution < -0.4 is 5.32 Å². The molecule has 5 heteroatoms. The average molecular weight is 206 g/mol. The van der Waals surface area contributed by atoms with Gasteiger partial charge in [0.25, 0.3) is 5.91 Å². The van der Waals surface area contributed by atoms with Gasteiger partial charge in [-0.15, -0.1) is 11.5 Å². The van der Waals surface area contributed by atoms with E-state index in [1.807, 2.05) is 6.92 Å². The number of carbonyl (C=O) groups is 1. The van der Waals surface area contributed by atoms with Gasteiger partial charge in [-0.25, -0.2) is 4.98 Å². The lowest BCUT2D eigenvalue weighted by molar-refractivity contribution is 0.0919. The largest absolute Gasteiger partial charge is 0.333 e. The predicted octanol–water partition coefficient (Wildman–Crippen LogP) is 0.509. The highest BCUT2D eigenvalue weighted by Crippen LogP contribution is 2.01. The number of terminal acetylenes is 1. The number of H-pyrrole nitrogens is 1. The molecule has 0 saturated heterocycles. The van der Waals surface area contributed by atoms with E-state index >= 15 is 0 Å². The summed E-state index contributed by atoms with van der Waals surface area (Å²) >= 11 is 0. The summed E-state index contributed by atoms with van der Waals surface area (Å²) in [5, 5.41) is 9.09. The number of rotatable bonds is 3. The highest BCUT2D eigenvalue weighted by atomic mass is 16.2. The maximum atomic E-state index is 11.6. The molecule has 15 heavy (non-hydrogen) atoms.